The lowest BCUT2D eigenvalue weighted by molar-refractivity contribution is 0.512. The zero-order valence-corrected chi connectivity index (χ0v) is 15.4. The van der Waals surface area contributed by atoms with E-state index in [2.05, 4.69) is 32.7 Å². The number of guanidine groups is 1. The van der Waals surface area contributed by atoms with Crippen molar-refractivity contribution >= 4 is 29.9 Å². The summed E-state index contributed by atoms with van der Waals surface area (Å²) in [6.45, 7) is 6.35. The summed E-state index contributed by atoms with van der Waals surface area (Å²) < 4.78 is 5.28. The maximum Gasteiger partial charge on any atom is 0.191 e. The van der Waals surface area contributed by atoms with Crippen molar-refractivity contribution in [3.8, 4) is 0 Å². The number of aromatic amines is 1. The maximum atomic E-state index is 5.28. The van der Waals surface area contributed by atoms with Gasteiger partial charge in [0.25, 0.3) is 0 Å². The van der Waals surface area contributed by atoms with Gasteiger partial charge >= 0.3 is 0 Å². The molecule has 0 saturated heterocycles. The van der Waals surface area contributed by atoms with Gasteiger partial charge in [-0.05, 0) is 44.4 Å². The predicted octanol–water partition coefficient (Wildman–Crippen LogP) is 2.62. The molecule has 2 aromatic rings. The van der Waals surface area contributed by atoms with Gasteiger partial charge in [-0.25, -0.2) is 4.99 Å². The Kier molecular flexibility index (Phi) is 8.64. The fourth-order valence-corrected chi connectivity index (χ4v) is 2.01. The molecule has 0 saturated carbocycles. The van der Waals surface area contributed by atoms with Crippen molar-refractivity contribution in [1.82, 2.24) is 20.8 Å². The second-order valence-electron chi connectivity index (χ2n) is 4.83. The first kappa shape index (κ1) is 18.5. The zero-order valence-electron chi connectivity index (χ0n) is 13.1. The van der Waals surface area contributed by atoms with Gasteiger partial charge in [-0.2, -0.15) is 5.10 Å². The summed E-state index contributed by atoms with van der Waals surface area (Å²) in [5.74, 6) is 1.68. The standard InChI is InChI=1S/C15H23N5O.HI/c1-3-16-15(18-11-14-7-5-9-21-14)17-8-4-6-13-10-19-20-12(13)2;/h5,7,9-10H,3-4,6,8,11H2,1-2H3,(H,19,20)(H2,16,17,18);1H. The fraction of sp³-hybridized carbons (Fsp3) is 0.467. The average molecular weight is 417 g/mol. The molecule has 6 nitrogen and oxygen atoms in total. The Morgan fingerprint density at radius 2 is 2.27 bits per heavy atom. The van der Waals surface area contributed by atoms with Crippen molar-refractivity contribution in [1.29, 1.82) is 0 Å². The molecule has 2 aromatic heterocycles. The highest BCUT2D eigenvalue weighted by atomic mass is 127. The van der Waals surface area contributed by atoms with Crippen molar-refractivity contribution in [3.63, 3.8) is 0 Å². The number of aliphatic imine (C=N–C) groups is 1. The number of furan rings is 1. The molecule has 7 heteroatoms. The Balaban J connectivity index is 0.00000242. The van der Waals surface area contributed by atoms with Gasteiger partial charge in [0.05, 0.1) is 12.5 Å². The lowest BCUT2D eigenvalue weighted by Gasteiger charge is -2.10. The maximum absolute atomic E-state index is 5.28. The normalized spacial score (nSPS) is 11.1. The molecular weight excluding hydrogens is 393 g/mol. The summed E-state index contributed by atoms with van der Waals surface area (Å²) >= 11 is 0. The minimum atomic E-state index is 0. The molecule has 2 rings (SSSR count). The van der Waals surface area contributed by atoms with E-state index < -0.39 is 0 Å². The third-order valence-corrected chi connectivity index (χ3v) is 3.17. The molecule has 0 fully saturated rings. The summed E-state index contributed by atoms with van der Waals surface area (Å²) in [5, 5.41) is 13.5. The van der Waals surface area contributed by atoms with Gasteiger partial charge in [0.1, 0.15) is 12.3 Å². The van der Waals surface area contributed by atoms with E-state index in [0.29, 0.717) is 6.54 Å². The molecule has 0 aromatic carbocycles. The molecule has 0 amide bonds. The molecule has 0 aliphatic rings. The Morgan fingerprint density at radius 3 is 2.91 bits per heavy atom. The lowest BCUT2D eigenvalue weighted by atomic mass is 10.1. The van der Waals surface area contributed by atoms with Crippen LogP contribution in [-0.4, -0.2) is 29.2 Å². The van der Waals surface area contributed by atoms with Gasteiger partial charge in [0.2, 0.25) is 0 Å². The van der Waals surface area contributed by atoms with Crippen molar-refractivity contribution in [3.05, 3.63) is 41.6 Å². The molecule has 122 valence electrons. The molecule has 0 bridgehead atoms. The number of halogens is 1. The molecule has 22 heavy (non-hydrogen) atoms. The number of nitrogens with zero attached hydrogens (tertiary/aromatic N) is 2. The first-order valence-electron chi connectivity index (χ1n) is 7.33. The molecule has 2 heterocycles. The Bertz CT molecular complexity index is 550. The van der Waals surface area contributed by atoms with Gasteiger partial charge in [-0.3, -0.25) is 5.10 Å². The van der Waals surface area contributed by atoms with Crippen LogP contribution in [0.3, 0.4) is 0 Å². The summed E-state index contributed by atoms with van der Waals surface area (Å²) in [5.41, 5.74) is 2.42. The van der Waals surface area contributed by atoms with Crippen molar-refractivity contribution in [2.75, 3.05) is 13.1 Å². The van der Waals surface area contributed by atoms with Crippen LogP contribution < -0.4 is 10.6 Å². The van der Waals surface area contributed by atoms with Gasteiger partial charge in [0, 0.05) is 18.8 Å². The number of hydrogen-bond donors (Lipinski definition) is 3. The summed E-state index contributed by atoms with van der Waals surface area (Å²) in [6, 6.07) is 3.80. The number of nitrogens with one attached hydrogen (secondary N) is 3. The van der Waals surface area contributed by atoms with E-state index >= 15 is 0 Å². The molecule has 3 N–H and O–H groups in total. The monoisotopic (exact) mass is 417 g/mol. The highest BCUT2D eigenvalue weighted by Gasteiger charge is 2.01. The first-order chi connectivity index (χ1) is 10.3. The van der Waals surface area contributed by atoms with Gasteiger partial charge in [-0.1, -0.05) is 0 Å². The highest BCUT2D eigenvalue weighted by molar-refractivity contribution is 14.0. The van der Waals surface area contributed by atoms with Crippen LogP contribution in [0.5, 0.6) is 0 Å². The SMILES string of the molecule is CCNC(=NCc1ccco1)NCCCc1cn[nH]c1C.I. The Hall–Kier alpha value is -1.51. The van der Waals surface area contributed by atoms with E-state index in [9.17, 15) is 0 Å². The van der Waals surface area contributed by atoms with Crippen molar-refractivity contribution in [2.45, 2.75) is 33.2 Å². The number of hydrogen-bond acceptors (Lipinski definition) is 3. The summed E-state index contributed by atoms with van der Waals surface area (Å²) in [7, 11) is 0. The number of H-pyrrole nitrogens is 1. The lowest BCUT2D eigenvalue weighted by Crippen LogP contribution is -2.37. The van der Waals surface area contributed by atoms with Crippen LogP contribution in [0.2, 0.25) is 0 Å². The molecule has 0 aliphatic carbocycles. The van der Waals surface area contributed by atoms with E-state index in [1.165, 1.54) is 5.56 Å². The van der Waals surface area contributed by atoms with Crippen molar-refractivity contribution < 1.29 is 4.42 Å². The Labute approximate surface area is 148 Å². The van der Waals surface area contributed by atoms with E-state index in [1.54, 1.807) is 6.26 Å². The quantitative estimate of drug-likeness (QED) is 0.280. The fourth-order valence-electron chi connectivity index (χ4n) is 2.01. The first-order valence-corrected chi connectivity index (χ1v) is 7.33. The molecule has 0 atom stereocenters. The predicted molar refractivity (Wildman–Crippen MR) is 98.6 cm³/mol. The minimum Gasteiger partial charge on any atom is -0.467 e. The van der Waals surface area contributed by atoms with Crippen LogP contribution in [0.1, 0.15) is 30.4 Å². The summed E-state index contributed by atoms with van der Waals surface area (Å²) in [4.78, 5) is 4.49. The summed E-state index contributed by atoms with van der Waals surface area (Å²) in [6.07, 6.45) is 5.60. The molecule has 0 aliphatic heterocycles. The topological polar surface area (TPSA) is 78.2 Å². The van der Waals surface area contributed by atoms with Gasteiger partial charge < -0.3 is 15.1 Å². The number of rotatable bonds is 7. The van der Waals surface area contributed by atoms with E-state index in [-0.39, 0.29) is 24.0 Å². The number of aryl methyl sites for hydroxylation is 2. The van der Waals surface area contributed by atoms with Crippen LogP contribution in [0.4, 0.5) is 0 Å². The highest BCUT2D eigenvalue weighted by Crippen LogP contribution is 2.05. The smallest absolute Gasteiger partial charge is 0.191 e. The molecule has 0 unspecified atom stereocenters. The van der Waals surface area contributed by atoms with Gasteiger partial charge in [-0.15, -0.1) is 24.0 Å². The van der Waals surface area contributed by atoms with Crippen molar-refractivity contribution in [2.24, 2.45) is 4.99 Å². The molecular formula is C15H24IN5O. The second-order valence-corrected chi connectivity index (χ2v) is 4.83. The number of aromatic nitrogens is 2. The van der Waals surface area contributed by atoms with E-state index in [0.717, 1.165) is 43.3 Å². The average Bonchev–Trinajstić information content (AvgIpc) is 3.13. The van der Waals surface area contributed by atoms with E-state index in [4.69, 9.17) is 4.42 Å². The van der Waals surface area contributed by atoms with Crippen LogP contribution in [-0.2, 0) is 13.0 Å². The minimum absolute atomic E-state index is 0. The van der Waals surface area contributed by atoms with Crippen LogP contribution in [0.25, 0.3) is 0 Å². The van der Waals surface area contributed by atoms with Gasteiger partial charge in [0.15, 0.2) is 5.96 Å². The van der Waals surface area contributed by atoms with Crippen LogP contribution >= 0.6 is 24.0 Å². The van der Waals surface area contributed by atoms with E-state index in [1.807, 2.05) is 25.3 Å². The molecule has 0 radical (unpaired) electrons. The Morgan fingerprint density at radius 1 is 1.41 bits per heavy atom. The third-order valence-electron chi connectivity index (χ3n) is 3.17. The largest absolute Gasteiger partial charge is 0.467 e. The molecule has 0 spiro atoms. The second kappa shape index (κ2) is 10.3. The third kappa shape index (κ3) is 6.08. The zero-order chi connectivity index (χ0) is 14.9. The van der Waals surface area contributed by atoms with Crippen LogP contribution in [0.15, 0.2) is 34.0 Å². The van der Waals surface area contributed by atoms with Crippen LogP contribution in [0, 0.1) is 6.92 Å².